The smallest absolute Gasteiger partial charge is 0.0843 e. The van der Waals surface area contributed by atoms with Gasteiger partial charge >= 0.3 is 0 Å². The third-order valence-corrected chi connectivity index (χ3v) is 4.44. The molecule has 0 radical (unpaired) electrons. The van der Waals surface area contributed by atoms with Crippen molar-refractivity contribution in [2.45, 2.75) is 38.3 Å². The van der Waals surface area contributed by atoms with Crippen LogP contribution in [0.15, 0.2) is 24.3 Å². The fraction of sp³-hybridized carbons (Fsp3) is 0.562. The summed E-state index contributed by atoms with van der Waals surface area (Å²) in [5.74, 6) is 0. The number of rotatable bonds is 5. The predicted octanol–water partition coefficient (Wildman–Crippen LogP) is 2.28. The molecule has 1 aliphatic rings. The maximum absolute atomic E-state index is 5.80. The first-order valence-electron chi connectivity index (χ1n) is 7.64. The van der Waals surface area contributed by atoms with Crippen LogP contribution in [0.3, 0.4) is 0 Å². The van der Waals surface area contributed by atoms with Gasteiger partial charge in [0.05, 0.1) is 11.2 Å². The van der Waals surface area contributed by atoms with Crippen LogP contribution in [0.4, 0.5) is 0 Å². The van der Waals surface area contributed by atoms with Gasteiger partial charge in [-0.05, 0) is 18.9 Å². The van der Waals surface area contributed by atoms with Crippen LogP contribution in [0, 0.1) is 0 Å². The van der Waals surface area contributed by atoms with Gasteiger partial charge in [0, 0.05) is 38.1 Å². The number of nitrogens with zero attached hydrogens (tertiary/aromatic N) is 3. The number of aryl methyl sites for hydroxylation is 1. The Bertz CT molecular complexity index is 569. The van der Waals surface area contributed by atoms with Crippen molar-refractivity contribution in [3.8, 4) is 0 Å². The first-order valence-corrected chi connectivity index (χ1v) is 7.64. The van der Waals surface area contributed by atoms with E-state index in [4.69, 9.17) is 10.8 Å². The molecule has 4 heteroatoms. The van der Waals surface area contributed by atoms with Gasteiger partial charge in [0.1, 0.15) is 0 Å². The first-order chi connectivity index (χ1) is 9.79. The van der Waals surface area contributed by atoms with Gasteiger partial charge in [-0.15, -0.1) is 0 Å². The second-order valence-corrected chi connectivity index (χ2v) is 5.78. The Hall–Kier alpha value is -1.39. The predicted molar refractivity (Wildman–Crippen MR) is 82.4 cm³/mol. The number of hydrogen-bond donors (Lipinski definition) is 1. The minimum atomic E-state index is 0.694. The molecule has 2 N–H and O–H groups in total. The Morgan fingerprint density at radius 2 is 2.05 bits per heavy atom. The van der Waals surface area contributed by atoms with Crippen molar-refractivity contribution < 1.29 is 0 Å². The third kappa shape index (κ3) is 2.58. The molecule has 1 aliphatic carbocycles. The lowest BCUT2D eigenvalue weighted by Crippen LogP contribution is -2.36. The minimum absolute atomic E-state index is 0.694. The molecule has 1 aromatic heterocycles. The number of para-hydroxylation sites is 1. The Balaban J connectivity index is 1.86. The highest BCUT2D eigenvalue weighted by molar-refractivity contribution is 5.81. The van der Waals surface area contributed by atoms with Crippen LogP contribution in [0.2, 0.25) is 0 Å². The summed E-state index contributed by atoms with van der Waals surface area (Å²) in [7, 11) is 2.02. The molecule has 0 atom stereocenters. The van der Waals surface area contributed by atoms with E-state index in [2.05, 4.69) is 29.2 Å². The van der Waals surface area contributed by atoms with E-state index in [0.717, 1.165) is 19.6 Å². The fourth-order valence-corrected chi connectivity index (χ4v) is 3.42. The average molecular weight is 272 g/mol. The SMILES string of the molecule is Cn1nc(CN(CCN)C2CCCC2)c2ccccc21. The average Bonchev–Trinajstić information content (AvgIpc) is 3.08. The molecule has 3 rings (SSSR count). The number of nitrogens with two attached hydrogens (primary N) is 1. The standard InChI is InChI=1S/C16H24N4/c1-19-16-9-5-4-8-14(16)15(18-19)12-20(11-10-17)13-6-2-3-7-13/h4-5,8-9,13H,2-3,6-7,10-12,17H2,1H3. The van der Waals surface area contributed by atoms with Gasteiger partial charge in [0.15, 0.2) is 0 Å². The molecule has 1 aromatic carbocycles. The zero-order valence-corrected chi connectivity index (χ0v) is 12.3. The van der Waals surface area contributed by atoms with Crippen molar-refractivity contribution in [1.82, 2.24) is 14.7 Å². The number of aromatic nitrogens is 2. The van der Waals surface area contributed by atoms with E-state index >= 15 is 0 Å². The van der Waals surface area contributed by atoms with Gasteiger partial charge in [0.2, 0.25) is 0 Å². The molecule has 0 amide bonds. The third-order valence-electron chi connectivity index (χ3n) is 4.44. The topological polar surface area (TPSA) is 47.1 Å². The van der Waals surface area contributed by atoms with E-state index in [9.17, 15) is 0 Å². The Kier molecular flexibility index (Phi) is 4.03. The second-order valence-electron chi connectivity index (χ2n) is 5.78. The van der Waals surface area contributed by atoms with Crippen molar-refractivity contribution in [2.75, 3.05) is 13.1 Å². The second kappa shape index (κ2) is 5.94. The first kappa shape index (κ1) is 13.6. The molecule has 4 nitrogen and oxygen atoms in total. The molecule has 1 saturated carbocycles. The number of fused-ring (bicyclic) bond motifs is 1. The van der Waals surface area contributed by atoms with E-state index < -0.39 is 0 Å². The summed E-state index contributed by atoms with van der Waals surface area (Å²) < 4.78 is 1.99. The summed E-state index contributed by atoms with van der Waals surface area (Å²) in [4.78, 5) is 2.53. The molecule has 0 spiro atoms. The fourth-order valence-electron chi connectivity index (χ4n) is 3.42. The number of benzene rings is 1. The van der Waals surface area contributed by atoms with Crippen LogP contribution in [0.25, 0.3) is 10.9 Å². The normalized spacial score (nSPS) is 16.6. The summed E-state index contributed by atoms with van der Waals surface area (Å²) in [6.45, 7) is 2.61. The van der Waals surface area contributed by atoms with Gasteiger partial charge in [0.25, 0.3) is 0 Å². The Morgan fingerprint density at radius 3 is 2.80 bits per heavy atom. The van der Waals surface area contributed by atoms with Crippen molar-refractivity contribution in [3.05, 3.63) is 30.0 Å². The highest BCUT2D eigenvalue weighted by atomic mass is 15.3. The monoisotopic (exact) mass is 272 g/mol. The van der Waals surface area contributed by atoms with Crippen molar-refractivity contribution in [3.63, 3.8) is 0 Å². The van der Waals surface area contributed by atoms with Crippen LogP contribution in [-0.2, 0) is 13.6 Å². The quantitative estimate of drug-likeness (QED) is 0.908. The maximum Gasteiger partial charge on any atom is 0.0843 e. The molecular formula is C16H24N4. The van der Waals surface area contributed by atoms with Crippen LogP contribution in [-0.4, -0.2) is 33.8 Å². The van der Waals surface area contributed by atoms with E-state index in [1.54, 1.807) is 0 Å². The Labute approximate surface area is 120 Å². The molecule has 0 saturated heterocycles. The van der Waals surface area contributed by atoms with Gasteiger partial charge in [-0.1, -0.05) is 31.0 Å². The van der Waals surface area contributed by atoms with Gasteiger partial charge in [-0.25, -0.2) is 0 Å². The molecule has 1 heterocycles. The lowest BCUT2D eigenvalue weighted by atomic mass is 10.1. The van der Waals surface area contributed by atoms with Crippen LogP contribution < -0.4 is 5.73 Å². The van der Waals surface area contributed by atoms with Crippen molar-refractivity contribution >= 4 is 10.9 Å². The van der Waals surface area contributed by atoms with Gasteiger partial charge < -0.3 is 5.73 Å². The minimum Gasteiger partial charge on any atom is -0.329 e. The lowest BCUT2D eigenvalue weighted by Gasteiger charge is -2.27. The Morgan fingerprint density at radius 1 is 1.30 bits per heavy atom. The molecule has 0 bridgehead atoms. The summed E-state index contributed by atoms with van der Waals surface area (Å²) >= 11 is 0. The lowest BCUT2D eigenvalue weighted by molar-refractivity contribution is 0.193. The molecule has 0 unspecified atom stereocenters. The highest BCUT2D eigenvalue weighted by Gasteiger charge is 2.23. The van der Waals surface area contributed by atoms with E-state index in [0.29, 0.717) is 6.04 Å². The van der Waals surface area contributed by atoms with E-state index in [1.165, 1.54) is 42.3 Å². The zero-order chi connectivity index (χ0) is 13.9. The summed E-state index contributed by atoms with van der Waals surface area (Å²) in [5, 5.41) is 5.99. The molecule has 0 aliphatic heterocycles. The zero-order valence-electron chi connectivity index (χ0n) is 12.3. The van der Waals surface area contributed by atoms with E-state index in [1.807, 2.05) is 11.7 Å². The van der Waals surface area contributed by atoms with Crippen LogP contribution >= 0.6 is 0 Å². The molecule has 1 fully saturated rings. The maximum atomic E-state index is 5.80. The molecular weight excluding hydrogens is 248 g/mol. The van der Waals surface area contributed by atoms with Gasteiger partial charge in [-0.3, -0.25) is 9.58 Å². The largest absolute Gasteiger partial charge is 0.329 e. The summed E-state index contributed by atoms with van der Waals surface area (Å²) in [6, 6.07) is 9.17. The summed E-state index contributed by atoms with van der Waals surface area (Å²) in [6.07, 6.45) is 5.33. The summed E-state index contributed by atoms with van der Waals surface area (Å²) in [5.41, 5.74) is 8.19. The van der Waals surface area contributed by atoms with Crippen molar-refractivity contribution in [1.29, 1.82) is 0 Å². The van der Waals surface area contributed by atoms with Gasteiger partial charge in [-0.2, -0.15) is 5.10 Å². The molecule has 2 aromatic rings. The number of hydrogen-bond acceptors (Lipinski definition) is 3. The van der Waals surface area contributed by atoms with Crippen LogP contribution in [0.1, 0.15) is 31.4 Å². The van der Waals surface area contributed by atoms with Crippen LogP contribution in [0.5, 0.6) is 0 Å². The highest BCUT2D eigenvalue weighted by Crippen LogP contribution is 2.26. The van der Waals surface area contributed by atoms with E-state index in [-0.39, 0.29) is 0 Å². The molecule has 108 valence electrons. The van der Waals surface area contributed by atoms with Crippen molar-refractivity contribution in [2.24, 2.45) is 12.8 Å². The molecule has 20 heavy (non-hydrogen) atoms.